The van der Waals surface area contributed by atoms with Crippen LogP contribution in [0.25, 0.3) is 22.2 Å². The fraction of sp³-hybridized carbons (Fsp3) is 0.192. The van der Waals surface area contributed by atoms with E-state index in [1.54, 1.807) is 37.3 Å². The van der Waals surface area contributed by atoms with Crippen LogP contribution in [0.2, 0.25) is 0 Å². The van der Waals surface area contributed by atoms with Gasteiger partial charge < -0.3 is 19.9 Å². The second-order valence-electron chi connectivity index (χ2n) is 9.20. The number of fused-ring (bicyclic) bond motifs is 1. The number of nitrogens with zero attached hydrogens (tertiary/aromatic N) is 1. The molecule has 13 nitrogen and oxygen atoms in total. The van der Waals surface area contributed by atoms with Crippen LogP contribution < -0.4 is 14.8 Å². The van der Waals surface area contributed by atoms with E-state index in [-0.39, 0.29) is 16.3 Å². The fourth-order valence-corrected chi connectivity index (χ4v) is 5.86. The molecule has 2 aromatic carbocycles. The molecule has 5 N–H and O–H groups in total. The summed E-state index contributed by atoms with van der Waals surface area (Å²) in [6.07, 6.45) is 0.971. The Morgan fingerprint density at radius 1 is 1.00 bits per heavy atom. The van der Waals surface area contributed by atoms with Crippen LogP contribution in [0.4, 0.5) is 11.4 Å². The van der Waals surface area contributed by atoms with Gasteiger partial charge in [-0.15, -0.1) is 0 Å². The molecule has 2 atom stereocenters. The zero-order chi connectivity index (χ0) is 30.1. The minimum atomic E-state index is -4.22. The van der Waals surface area contributed by atoms with Crippen molar-refractivity contribution in [1.29, 1.82) is 0 Å². The zero-order valence-corrected chi connectivity index (χ0v) is 23.6. The molecule has 0 saturated heterocycles. The number of aromatic nitrogens is 1. The molecule has 0 aliphatic heterocycles. The van der Waals surface area contributed by atoms with Gasteiger partial charge in [0.05, 0.1) is 40.5 Å². The van der Waals surface area contributed by atoms with Crippen molar-refractivity contribution < 1.29 is 41.1 Å². The first kappa shape index (κ1) is 29.7. The van der Waals surface area contributed by atoms with E-state index in [4.69, 9.17) is 9.52 Å². The molecular weight excluding hydrogens is 576 g/mol. The van der Waals surface area contributed by atoms with E-state index >= 15 is 0 Å². The van der Waals surface area contributed by atoms with Gasteiger partial charge in [-0.3, -0.25) is 19.3 Å². The Labute approximate surface area is 235 Å². The van der Waals surface area contributed by atoms with Gasteiger partial charge in [-0.05, 0) is 50.2 Å². The minimum absolute atomic E-state index is 0.00189. The van der Waals surface area contributed by atoms with Crippen molar-refractivity contribution in [3.8, 4) is 11.3 Å². The summed E-state index contributed by atoms with van der Waals surface area (Å²) in [4.78, 5) is 28.3. The van der Waals surface area contributed by atoms with E-state index < -0.39 is 44.1 Å². The number of rotatable bonds is 10. The summed E-state index contributed by atoms with van der Waals surface area (Å²) < 4.78 is 58.6. The summed E-state index contributed by atoms with van der Waals surface area (Å²) in [6.45, 7) is 2.80. The number of carbonyl (C=O) groups excluding carboxylic acids is 1. The number of carboxylic acid groups (broad SMARTS) is 1. The smallest absolute Gasteiger partial charge is 0.324 e. The topological polar surface area (TPSA) is 205 Å². The van der Waals surface area contributed by atoms with E-state index in [1.807, 2.05) is 4.72 Å². The van der Waals surface area contributed by atoms with Gasteiger partial charge in [-0.2, -0.15) is 4.72 Å². The quantitative estimate of drug-likeness (QED) is 0.179. The third kappa shape index (κ3) is 6.71. The second kappa shape index (κ2) is 11.3. The van der Waals surface area contributed by atoms with E-state index in [0.29, 0.717) is 33.5 Å². The molecule has 0 saturated carbocycles. The van der Waals surface area contributed by atoms with Crippen molar-refractivity contribution in [1.82, 2.24) is 9.71 Å². The normalized spacial score (nSPS) is 13.5. The Kier molecular flexibility index (Phi) is 8.17. The summed E-state index contributed by atoms with van der Waals surface area (Å²) in [5.41, 5.74) is 2.42. The Hall–Kier alpha value is -4.31. The Balaban J connectivity index is 1.50. The van der Waals surface area contributed by atoms with Crippen molar-refractivity contribution in [2.75, 3.05) is 16.3 Å². The van der Waals surface area contributed by atoms with Crippen molar-refractivity contribution in [3.05, 3.63) is 72.1 Å². The number of furan rings is 1. The SMILES string of the molecule is Cc1c(C(=O)Nc2ccc(-c3ccc(S(=O)(=O)N[C@H](C(=O)O)C(C)O)cc3)nc2)oc2cccc(NS(C)(=O)=O)c12. The number of pyridine rings is 1. The maximum atomic E-state index is 13.0. The molecule has 41 heavy (non-hydrogen) atoms. The molecule has 0 fully saturated rings. The number of nitrogens with one attached hydrogen (secondary N) is 3. The Morgan fingerprint density at radius 3 is 2.24 bits per heavy atom. The standard InChI is InChI=1S/C26H26N4O9S2/c1-14-22-20(29-40(3,35)36)5-4-6-21(22)39-24(14)25(32)28-17-9-12-19(27-13-17)16-7-10-18(11-8-16)41(37,38)30-23(15(2)31)26(33)34/h4-13,15,23,29-31H,1-3H3,(H,28,32)(H,33,34)/t15?,23-/m0/s1. The predicted octanol–water partition coefficient (Wildman–Crippen LogP) is 2.54. The fourth-order valence-electron chi connectivity index (χ4n) is 4.03. The minimum Gasteiger partial charge on any atom is -0.480 e. The van der Waals surface area contributed by atoms with Crippen LogP contribution in [0.15, 0.2) is 70.1 Å². The maximum absolute atomic E-state index is 13.0. The molecule has 4 rings (SSSR count). The van der Waals surface area contributed by atoms with E-state index in [2.05, 4.69) is 15.0 Å². The number of sulfonamides is 2. The maximum Gasteiger partial charge on any atom is 0.324 e. The molecule has 1 amide bonds. The Morgan fingerprint density at radius 2 is 1.68 bits per heavy atom. The lowest BCUT2D eigenvalue weighted by atomic mass is 10.1. The number of benzene rings is 2. The van der Waals surface area contributed by atoms with Crippen molar-refractivity contribution in [2.45, 2.75) is 30.9 Å². The van der Waals surface area contributed by atoms with Crippen molar-refractivity contribution in [2.24, 2.45) is 0 Å². The average molecular weight is 603 g/mol. The van der Waals surface area contributed by atoms with Crippen LogP contribution in [-0.2, 0) is 24.8 Å². The monoisotopic (exact) mass is 602 g/mol. The molecule has 216 valence electrons. The molecule has 1 unspecified atom stereocenters. The summed E-state index contributed by atoms with van der Waals surface area (Å²) in [7, 11) is -7.78. The number of aryl methyl sites for hydroxylation is 1. The molecule has 2 aromatic heterocycles. The number of anilines is 2. The number of carboxylic acids is 1. The summed E-state index contributed by atoms with van der Waals surface area (Å²) in [5.74, 6) is -2.09. The van der Waals surface area contributed by atoms with Gasteiger partial charge in [-0.25, -0.2) is 16.8 Å². The number of aliphatic hydroxyl groups excluding tert-OH is 1. The van der Waals surface area contributed by atoms with E-state index in [0.717, 1.165) is 13.2 Å². The predicted molar refractivity (Wildman–Crippen MR) is 150 cm³/mol. The average Bonchev–Trinajstić information content (AvgIpc) is 3.24. The molecule has 0 bridgehead atoms. The van der Waals surface area contributed by atoms with Crippen LogP contribution >= 0.6 is 0 Å². The number of amides is 1. The second-order valence-corrected chi connectivity index (χ2v) is 12.7. The molecule has 2 heterocycles. The molecule has 4 aromatic rings. The lowest BCUT2D eigenvalue weighted by molar-refractivity contribution is -0.141. The molecule has 15 heteroatoms. The Bertz CT molecular complexity index is 1830. The molecule has 0 aliphatic carbocycles. The van der Waals surface area contributed by atoms with Crippen LogP contribution in [0.5, 0.6) is 0 Å². The molecule has 0 radical (unpaired) electrons. The lowest BCUT2D eigenvalue weighted by Gasteiger charge is -2.17. The first-order valence-electron chi connectivity index (χ1n) is 12.0. The lowest BCUT2D eigenvalue weighted by Crippen LogP contribution is -2.47. The number of hydrogen-bond donors (Lipinski definition) is 5. The summed E-state index contributed by atoms with van der Waals surface area (Å²) in [6, 6.07) is 11.8. The first-order valence-corrected chi connectivity index (χ1v) is 15.3. The highest BCUT2D eigenvalue weighted by molar-refractivity contribution is 7.92. The van der Waals surface area contributed by atoms with Gasteiger partial charge >= 0.3 is 5.97 Å². The van der Waals surface area contributed by atoms with Crippen LogP contribution in [-0.4, -0.2) is 62.3 Å². The summed E-state index contributed by atoms with van der Waals surface area (Å²) in [5, 5.41) is 21.8. The van der Waals surface area contributed by atoms with Crippen molar-refractivity contribution >= 4 is 54.3 Å². The van der Waals surface area contributed by atoms with Crippen molar-refractivity contribution in [3.63, 3.8) is 0 Å². The van der Waals surface area contributed by atoms with Gasteiger partial charge in [-0.1, -0.05) is 18.2 Å². The zero-order valence-electron chi connectivity index (χ0n) is 21.9. The number of carbonyl (C=O) groups is 2. The first-order chi connectivity index (χ1) is 19.2. The van der Waals surface area contributed by atoms with E-state index in [1.165, 1.54) is 30.5 Å². The number of hydrogen-bond acceptors (Lipinski definition) is 9. The van der Waals surface area contributed by atoms with Crippen LogP contribution in [0, 0.1) is 6.92 Å². The third-order valence-corrected chi connectivity index (χ3v) is 8.02. The van der Waals surface area contributed by atoms with Gasteiger partial charge in [0.1, 0.15) is 11.6 Å². The molecule has 0 aliphatic rings. The van der Waals surface area contributed by atoms with Crippen LogP contribution in [0.3, 0.4) is 0 Å². The van der Waals surface area contributed by atoms with Gasteiger partial charge in [0.15, 0.2) is 5.76 Å². The van der Waals surface area contributed by atoms with Gasteiger partial charge in [0.25, 0.3) is 5.91 Å². The highest BCUT2D eigenvalue weighted by atomic mass is 32.2. The number of aliphatic hydroxyl groups is 1. The highest BCUT2D eigenvalue weighted by Gasteiger charge is 2.29. The van der Waals surface area contributed by atoms with E-state index in [9.17, 15) is 31.5 Å². The third-order valence-electron chi connectivity index (χ3n) is 5.97. The van der Waals surface area contributed by atoms with Crippen LogP contribution in [0.1, 0.15) is 23.0 Å². The van der Waals surface area contributed by atoms with Gasteiger partial charge in [0.2, 0.25) is 20.0 Å². The number of aliphatic carboxylic acids is 1. The highest BCUT2D eigenvalue weighted by Crippen LogP contribution is 2.32. The molecular formula is C26H26N4O9S2. The van der Waals surface area contributed by atoms with Gasteiger partial charge in [0, 0.05) is 16.5 Å². The largest absolute Gasteiger partial charge is 0.480 e. The molecule has 0 spiro atoms. The summed E-state index contributed by atoms with van der Waals surface area (Å²) >= 11 is 0.